The minimum absolute atomic E-state index is 0.884. The van der Waals surface area contributed by atoms with Crippen LogP contribution in [0, 0.1) is 0 Å². The highest BCUT2D eigenvalue weighted by Crippen LogP contribution is 2.24. The van der Waals surface area contributed by atoms with E-state index in [1.165, 1.54) is 16.5 Å². The first-order valence-corrected chi connectivity index (χ1v) is 6.40. The maximum Gasteiger partial charge on any atom is 0.120 e. The summed E-state index contributed by atoms with van der Waals surface area (Å²) in [5.41, 5.74) is 3.79. The topological polar surface area (TPSA) is 37.9 Å². The number of nitrogens with one attached hydrogen (secondary N) is 1. The fourth-order valence-corrected chi connectivity index (χ4v) is 2.33. The number of nitrogens with zero attached hydrogens (tertiary/aromatic N) is 1. The molecule has 2 heterocycles. The normalized spacial score (nSPS) is 10.8. The van der Waals surface area contributed by atoms with Crippen molar-refractivity contribution in [3.63, 3.8) is 0 Å². The fourth-order valence-electron chi connectivity index (χ4n) is 2.33. The van der Waals surface area contributed by atoms with Crippen LogP contribution in [0.25, 0.3) is 10.9 Å². The third-order valence-electron chi connectivity index (χ3n) is 3.41. The van der Waals surface area contributed by atoms with Crippen molar-refractivity contribution in [3.05, 3.63) is 60.0 Å². The number of aromatic nitrogens is 2. The summed E-state index contributed by atoms with van der Waals surface area (Å²) in [6.45, 7) is 0. The molecule has 0 bridgehead atoms. The van der Waals surface area contributed by atoms with Gasteiger partial charge in [0.25, 0.3) is 0 Å². The van der Waals surface area contributed by atoms with E-state index >= 15 is 0 Å². The highest BCUT2D eigenvalue weighted by atomic mass is 16.5. The van der Waals surface area contributed by atoms with Gasteiger partial charge in [0.1, 0.15) is 5.75 Å². The number of rotatable bonds is 4. The molecule has 0 aliphatic carbocycles. The number of hydrogen-bond acceptors (Lipinski definition) is 2. The fraction of sp³-hybridized carbons (Fsp3) is 0.188. The van der Waals surface area contributed by atoms with Crippen LogP contribution in [-0.2, 0) is 12.8 Å². The molecule has 0 amide bonds. The number of hydrogen-bond donors (Lipinski definition) is 1. The SMILES string of the molecule is COc1ccc2c(CCc3ccncc3)c[nH]c2c1. The lowest BCUT2D eigenvalue weighted by molar-refractivity contribution is 0.415. The monoisotopic (exact) mass is 252 g/mol. The van der Waals surface area contributed by atoms with Gasteiger partial charge in [-0.1, -0.05) is 0 Å². The number of ether oxygens (including phenoxy) is 1. The Labute approximate surface area is 112 Å². The Morgan fingerprint density at radius 2 is 1.95 bits per heavy atom. The minimum atomic E-state index is 0.884. The molecule has 2 aromatic heterocycles. The number of aromatic amines is 1. The number of fused-ring (bicyclic) bond motifs is 1. The molecule has 0 aliphatic heterocycles. The van der Waals surface area contributed by atoms with Gasteiger partial charge < -0.3 is 9.72 Å². The molecule has 0 saturated carbocycles. The van der Waals surface area contributed by atoms with E-state index in [1.54, 1.807) is 7.11 Å². The zero-order chi connectivity index (χ0) is 13.1. The summed E-state index contributed by atoms with van der Waals surface area (Å²) in [5.74, 6) is 0.884. The summed E-state index contributed by atoms with van der Waals surface area (Å²) in [4.78, 5) is 7.35. The molecular weight excluding hydrogens is 236 g/mol. The lowest BCUT2D eigenvalue weighted by atomic mass is 10.0. The van der Waals surface area contributed by atoms with E-state index in [0.717, 1.165) is 24.1 Å². The summed E-state index contributed by atoms with van der Waals surface area (Å²) in [6.07, 6.45) is 7.83. The van der Waals surface area contributed by atoms with E-state index in [9.17, 15) is 0 Å². The van der Waals surface area contributed by atoms with Crippen molar-refractivity contribution in [1.82, 2.24) is 9.97 Å². The van der Waals surface area contributed by atoms with Crippen LogP contribution < -0.4 is 4.74 Å². The molecule has 0 atom stereocenters. The maximum absolute atomic E-state index is 5.23. The molecule has 0 saturated heterocycles. The summed E-state index contributed by atoms with van der Waals surface area (Å²) < 4.78 is 5.23. The summed E-state index contributed by atoms with van der Waals surface area (Å²) in [7, 11) is 1.69. The van der Waals surface area contributed by atoms with Crippen LogP contribution >= 0.6 is 0 Å². The molecule has 3 aromatic rings. The first-order chi connectivity index (χ1) is 9.36. The van der Waals surface area contributed by atoms with Gasteiger partial charge >= 0.3 is 0 Å². The molecule has 0 spiro atoms. The molecule has 1 N–H and O–H groups in total. The largest absolute Gasteiger partial charge is 0.497 e. The van der Waals surface area contributed by atoms with Crippen molar-refractivity contribution in [3.8, 4) is 5.75 Å². The Balaban J connectivity index is 1.82. The van der Waals surface area contributed by atoms with E-state index in [2.05, 4.69) is 34.4 Å². The molecule has 3 rings (SSSR count). The highest BCUT2D eigenvalue weighted by molar-refractivity contribution is 5.84. The van der Waals surface area contributed by atoms with Crippen molar-refractivity contribution in [2.24, 2.45) is 0 Å². The molecule has 19 heavy (non-hydrogen) atoms. The summed E-state index contributed by atoms with van der Waals surface area (Å²) in [5, 5.41) is 1.27. The van der Waals surface area contributed by atoms with E-state index in [4.69, 9.17) is 4.74 Å². The van der Waals surface area contributed by atoms with Crippen LogP contribution in [0.2, 0.25) is 0 Å². The smallest absolute Gasteiger partial charge is 0.120 e. The second kappa shape index (κ2) is 5.14. The zero-order valence-electron chi connectivity index (χ0n) is 10.9. The lowest BCUT2D eigenvalue weighted by Crippen LogP contribution is -1.90. The Morgan fingerprint density at radius 3 is 2.74 bits per heavy atom. The second-order valence-corrected chi connectivity index (χ2v) is 4.58. The van der Waals surface area contributed by atoms with Crippen molar-refractivity contribution in [2.45, 2.75) is 12.8 Å². The number of pyridine rings is 1. The molecular formula is C16H16N2O. The van der Waals surface area contributed by atoms with Gasteiger partial charge in [0, 0.05) is 35.6 Å². The number of benzene rings is 1. The first kappa shape index (κ1) is 11.8. The van der Waals surface area contributed by atoms with Gasteiger partial charge in [-0.3, -0.25) is 4.98 Å². The predicted molar refractivity (Wildman–Crippen MR) is 76.5 cm³/mol. The van der Waals surface area contributed by atoms with Gasteiger partial charge in [0.05, 0.1) is 7.11 Å². The Bertz CT molecular complexity index is 674. The standard InChI is InChI=1S/C16H16N2O/c1-19-14-4-5-15-13(11-18-16(15)10-14)3-2-12-6-8-17-9-7-12/h4-11,18H,2-3H2,1H3. The Kier molecular flexibility index (Phi) is 3.19. The van der Waals surface area contributed by atoms with Crippen molar-refractivity contribution >= 4 is 10.9 Å². The molecule has 96 valence electrons. The van der Waals surface area contributed by atoms with Crippen LogP contribution in [0.1, 0.15) is 11.1 Å². The van der Waals surface area contributed by atoms with Gasteiger partial charge in [-0.15, -0.1) is 0 Å². The molecule has 0 aliphatic rings. The molecule has 3 heteroatoms. The molecule has 0 fully saturated rings. The van der Waals surface area contributed by atoms with E-state index in [1.807, 2.05) is 24.5 Å². The summed E-state index contributed by atoms with van der Waals surface area (Å²) in [6, 6.07) is 10.3. The van der Waals surface area contributed by atoms with E-state index in [-0.39, 0.29) is 0 Å². The number of aryl methyl sites for hydroxylation is 2. The highest BCUT2D eigenvalue weighted by Gasteiger charge is 2.05. The number of methoxy groups -OCH3 is 1. The molecule has 1 aromatic carbocycles. The maximum atomic E-state index is 5.23. The zero-order valence-corrected chi connectivity index (χ0v) is 10.9. The van der Waals surface area contributed by atoms with Gasteiger partial charge in [-0.05, 0) is 48.2 Å². The van der Waals surface area contributed by atoms with Crippen LogP contribution in [-0.4, -0.2) is 17.1 Å². The third-order valence-corrected chi connectivity index (χ3v) is 3.41. The van der Waals surface area contributed by atoms with Crippen molar-refractivity contribution in [2.75, 3.05) is 7.11 Å². The van der Waals surface area contributed by atoms with Gasteiger partial charge in [0.2, 0.25) is 0 Å². The van der Waals surface area contributed by atoms with Gasteiger partial charge in [-0.2, -0.15) is 0 Å². The van der Waals surface area contributed by atoms with Crippen molar-refractivity contribution in [1.29, 1.82) is 0 Å². The van der Waals surface area contributed by atoms with Crippen molar-refractivity contribution < 1.29 is 4.74 Å². The van der Waals surface area contributed by atoms with E-state index in [0.29, 0.717) is 0 Å². The van der Waals surface area contributed by atoms with Crippen LogP contribution in [0.4, 0.5) is 0 Å². The van der Waals surface area contributed by atoms with E-state index < -0.39 is 0 Å². The average molecular weight is 252 g/mol. The predicted octanol–water partition coefficient (Wildman–Crippen LogP) is 3.36. The summed E-state index contributed by atoms with van der Waals surface area (Å²) >= 11 is 0. The Hall–Kier alpha value is -2.29. The first-order valence-electron chi connectivity index (χ1n) is 6.40. The average Bonchev–Trinajstić information content (AvgIpc) is 2.88. The molecule has 0 unspecified atom stereocenters. The van der Waals surface area contributed by atoms with Gasteiger partial charge in [0.15, 0.2) is 0 Å². The lowest BCUT2D eigenvalue weighted by Gasteiger charge is -2.02. The number of H-pyrrole nitrogens is 1. The minimum Gasteiger partial charge on any atom is -0.497 e. The van der Waals surface area contributed by atoms with Crippen LogP contribution in [0.3, 0.4) is 0 Å². The van der Waals surface area contributed by atoms with Crippen LogP contribution in [0.15, 0.2) is 48.9 Å². The molecule has 3 nitrogen and oxygen atoms in total. The van der Waals surface area contributed by atoms with Gasteiger partial charge in [-0.25, -0.2) is 0 Å². The third kappa shape index (κ3) is 2.45. The quantitative estimate of drug-likeness (QED) is 0.773. The second-order valence-electron chi connectivity index (χ2n) is 4.58. The molecule has 0 radical (unpaired) electrons. The van der Waals surface area contributed by atoms with Crippen LogP contribution in [0.5, 0.6) is 5.75 Å². The Morgan fingerprint density at radius 1 is 1.11 bits per heavy atom.